The summed E-state index contributed by atoms with van der Waals surface area (Å²) in [6.45, 7) is 1.70. The Bertz CT molecular complexity index is 584. The van der Waals surface area contributed by atoms with Crippen LogP contribution in [0.15, 0.2) is 18.2 Å². The highest BCUT2D eigenvalue weighted by Crippen LogP contribution is 2.26. The maximum Gasteiger partial charge on any atom is 0.573 e. The van der Waals surface area contributed by atoms with Crippen molar-refractivity contribution in [2.45, 2.75) is 13.3 Å². The van der Waals surface area contributed by atoms with Crippen molar-refractivity contribution in [3.05, 3.63) is 23.9 Å². The molecule has 96 valence electrons. The van der Waals surface area contributed by atoms with Gasteiger partial charge in [0.05, 0.1) is 18.1 Å². The van der Waals surface area contributed by atoms with E-state index in [2.05, 4.69) is 14.7 Å². The van der Waals surface area contributed by atoms with Gasteiger partial charge in [-0.05, 0) is 19.1 Å². The van der Waals surface area contributed by atoms with Gasteiger partial charge in [0.2, 0.25) is 5.88 Å². The fourth-order valence-electron chi connectivity index (χ4n) is 1.50. The summed E-state index contributed by atoms with van der Waals surface area (Å²) in [6.07, 6.45) is -4.73. The summed E-state index contributed by atoms with van der Waals surface area (Å²) in [5.41, 5.74) is 1.32. The van der Waals surface area contributed by atoms with Crippen LogP contribution in [0.25, 0.3) is 11.0 Å². The Hall–Kier alpha value is -2.05. The van der Waals surface area contributed by atoms with E-state index in [1.807, 2.05) is 0 Å². The number of aromatic nitrogens is 2. The van der Waals surface area contributed by atoms with E-state index in [1.165, 1.54) is 19.2 Å². The number of fused-ring (bicyclic) bond motifs is 1. The predicted molar refractivity (Wildman–Crippen MR) is 57.5 cm³/mol. The van der Waals surface area contributed by atoms with Crippen LogP contribution in [0.2, 0.25) is 0 Å². The van der Waals surface area contributed by atoms with Crippen LogP contribution in [0.1, 0.15) is 5.69 Å². The van der Waals surface area contributed by atoms with Gasteiger partial charge in [0.1, 0.15) is 11.4 Å². The van der Waals surface area contributed by atoms with Crippen molar-refractivity contribution in [2.75, 3.05) is 7.11 Å². The largest absolute Gasteiger partial charge is 0.573 e. The Morgan fingerprint density at radius 1 is 1.11 bits per heavy atom. The molecule has 18 heavy (non-hydrogen) atoms. The third-order valence-electron chi connectivity index (χ3n) is 2.19. The van der Waals surface area contributed by atoms with Gasteiger partial charge in [-0.15, -0.1) is 13.2 Å². The molecule has 1 heterocycles. The maximum atomic E-state index is 12.1. The Labute approximate surface area is 100 Å². The number of ether oxygens (including phenoxy) is 2. The zero-order valence-corrected chi connectivity index (χ0v) is 9.58. The molecule has 0 aliphatic heterocycles. The lowest BCUT2D eigenvalue weighted by atomic mass is 10.2. The molecule has 0 aliphatic carbocycles. The molecule has 0 amide bonds. The zero-order chi connectivity index (χ0) is 13.3. The van der Waals surface area contributed by atoms with Crippen molar-refractivity contribution in [3.8, 4) is 11.6 Å². The molecular formula is C11H9F3N2O2. The fraction of sp³-hybridized carbons (Fsp3) is 0.273. The summed E-state index contributed by atoms with van der Waals surface area (Å²) in [6, 6.07) is 3.77. The van der Waals surface area contributed by atoms with Gasteiger partial charge >= 0.3 is 6.36 Å². The number of hydrogen-bond donors (Lipinski definition) is 0. The van der Waals surface area contributed by atoms with E-state index in [-0.39, 0.29) is 17.1 Å². The number of hydrogen-bond acceptors (Lipinski definition) is 4. The summed E-state index contributed by atoms with van der Waals surface area (Å²) >= 11 is 0. The minimum Gasteiger partial charge on any atom is -0.480 e. The molecule has 0 aliphatic rings. The van der Waals surface area contributed by atoms with Crippen LogP contribution in [0, 0.1) is 6.92 Å². The molecule has 0 saturated heterocycles. The fourth-order valence-corrected chi connectivity index (χ4v) is 1.50. The molecule has 0 bridgehead atoms. The second-order valence-corrected chi connectivity index (χ2v) is 3.52. The number of benzene rings is 1. The first-order valence-electron chi connectivity index (χ1n) is 4.97. The summed E-state index contributed by atoms with van der Waals surface area (Å²) in [7, 11) is 1.42. The normalized spacial score (nSPS) is 11.6. The monoisotopic (exact) mass is 258 g/mol. The average Bonchev–Trinajstić information content (AvgIpc) is 2.26. The van der Waals surface area contributed by atoms with Crippen LogP contribution in [-0.2, 0) is 0 Å². The number of halogens is 3. The van der Waals surface area contributed by atoms with Crippen molar-refractivity contribution in [1.29, 1.82) is 0 Å². The number of nitrogens with zero attached hydrogens (tertiary/aromatic N) is 2. The molecule has 0 fully saturated rings. The summed E-state index contributed by atoms with van der Waals surface area (Å²) in [4.78, 5) is 8.21. The highest BCUT2D eigenvalue weighted by molar-refractivity contribution is 5.76. The van der Waals surface area contributed by atoms with Gasteiger partial charge in [-0.2, -0.15) is 0 Å². The third kappa shape index (κ3) is 2.61. The molecular weight excluding hydrogens is 249 g/mol. The lowest BCUT2D eigenvalue weighted by Crippen LogP contribution is -2.17. The summed E-state index contributed by atoms with van der Waals surface area (Å²) in [5.74, 6) is -0.0677. The lowest BCUT2D eigenvalue weighted by Gasteiger charge is -2.10. The highest BCUT2D eigenvalue weighted by atomic mass is 19.4. The van der Waals surface area contributed by atoms with Crippen LogP contribution in [-0.4, -0.2) is 23.4 Å². The summed E-state index contributed by atoms with van der Waals surface area (Å²) in [5, 5.41) is 0. The van der Waals surface area contributed by atoms with E-state index < -0.39 is 6.36 Å². The molecule has 0 radical (unpaired) electrons. The van der Waals surface area contributed by atoms with E-state index in [1.54, 1.807) is 6.92 Å². The van der Waals surface area contributed by atoms with E-state index in [9.17, 15) is 13.2 Å². The van der Waals surface area contributed by atoms with Gasteiger partial charge in [0.15, 0.2) is 0 Å². The van der Waals surface area contributed by atoms with Crippen molar-refractivity contribution in [2.24, 2.45) is 0 Å². The smallest absolute Gasteiger partial charge is 0.480 e. The molecule has 2 aromatic rings. The molecule has 1 aromatic heterocycles. The summed E-state index contributed by atoms with van der Waals surface area (Å²) < 4.78 is 45.0. The zero-order valence-electron chi connectivity index (χ0n) is 9.58. The highest BCUT2D eigenvalue weighted by Gasteiger charge is 2.31. The van der Waals surface area contributed by atoms with Gasteiger partial charge < -0.3 is 9.47 Å². The minimum atomic E-state index is -4.73. The van der Waals surface area contributed by atoms with Gasteiger partial charge in [0.25, 0.3) is 0 Å². The number of aryl methyl sites for hydroxylation is 1. The van der Waals surface area contributed by atoms with Crippen LogP contribution >= 0.6 is 0 Å². The van der Waals surface area contributed by atoms with Crippen molar-refractivity contribution < 1.29 is 22.6 Å². The Kier molecular flexibility index (Phi) is 2.98. The minimum absolute atomic E-state index is 0.270. The average molecular weight is 258 g/mol. The maximum absolute atomic E-state index is 12.1. The topological polar surface area (TPSA) is 44.2 Å². The van der Waals surface area contributed by atoms with Crippen LogP contribution in [0.5, 0.6) is 11.6 Å². The third-order valence-corrected chi connectivity index (χ3v) is 2.19. The Balaban J connectivity index is 2.47. The second kappa shape index (κ2) is 4.32. The molecule has 4 nitrogen and oxygen atoms in total. The molecule has 1 aromatic carbocycles. The molecule has 0 atom stereocenters. The predicted octanol–water partition coefficient (Wildman–Crippen LogP) is 2.85. The van der Waals surface area contributed by atoms with E-state index in [0.29, 0.717) is 11.2 Å². The molecule has 0 N–H and O–H groups in total. The number of methoxy groups -OCH3 is 1. The van der Waals surface area contributed by atoms with Gasteiger partial charge in [-0.1, -0.05) is 0 Å². The van der Waals surface area contributed by atoms with Crippen LogP contribution in [0.4, 0.5) is 13.2 Å². The second-order valence-electron chi connectivity index (χ2n) is 3.52. The number of rotatable bonds is 2. The van der Waals surface area contributed by atoms with Crippen LogP contribution < -0.4 is 9.47 Å². The molecule has 7 heteroatoms. The van der Waals surface area contributed by atoms with Gasteiger partial charge in [-0.25, -0.2) is 9.97 Å². The molecule has 0 saturated carbocycles. The quantitative estimate of drug-likeness (QED) is 0.830. The van der Waals surface area contributed by atoms with E-state index in [4.69, 9.17) is 4.74 Å². The number of alkyl halides is 3. The van der Waals surface area contributed by atoms with E-state index in [0.717, 1.165) is 6.07 Å². The first-order chi connectivity index (χ1) is 8.39. The standard InChI is InChI=1S/C11H9F3N2O2/c1-6-10(17-2)16-9-5-7(18-11(12,13)14)3-4-8(9)15-6/h3-5H,1-2H3. The van der Waals surface area contributed by atoms with Gasteiger partial charge in [0, 0.05) is 6.07 Å². The SMILES string of the molecule is COc1nc2cc(OC(F)(F)F)ccc2nc1C. The molecule has 0 spiro atoms. The van der Waals surface area contributed by atoms with Gasteiger partial charge in [-0.3, -0.25) is 0 Å². The van der Waals surface area contributed by atoms with Crippen molar-refractivity contribution in [3.63, 3.8) is 0 Å². The van der Waals surface area contributed by atoms with Crippen LogP contribution in [0.3, 0.4) is 0 Å². The molecule has 2 rings (SSSR count). The Morgan fingerprint density at radius 3 is 2.44 bits per heavy atom. The van der Waals surface area contributed by atoms with Crippen molar-refractivity contribution in [1.82, 2.24) is 9.97 Å². The molecule has 0 unspecified atom stereocenters. The first kappa shape index (κ1) is 12.4. The van der Waals surface area contributed by atoms with E-state index >= 15 is 0 Å². The first-order valence-corrected chi connectivity index (χ1v) is 4.97. The lowest BCUT2D eigenvalue weighted by molar-refractivity contribution is -0.274. The van der Waals surface area contributed by atoms with Crippen molar-refractivity contribution >= 4 is 11.0 Å². The Morgan fingerprint density at radius 2 is 1.83 bits per heavy atom.